The maximum absolute atomic E-state index is 9.39. The van der Waals surface area contributed by atoms with Crippen molar-refractivity contribution in [1.29, 1.82) is 0 Å². The molecule has 1 heterocycles. The molecule has 0 spiro atoms. The Bertz CT molecular complexity index is 431. The average molecular weight is 309 g/mol. The molecule has 3 aliphatic rings. The van der Waals surface area contributed by atoms with Gasteiger partial charge in [-0.2, -0.15) is 0 Å². The molecule has 22 heavy (non-hydrogen) atoms. The number of rotatable bonds is 2. The Labute approximate surface area is 137 Å². The lowest BCUT2D eigenvalue weighted by Crippen LogP contribution is -2.62. The Morgan fingerprint density at radius 2 is 1.59 bits per heavy atom. The van der Waals surface area contributed by atoms with Crippen LogP contribution in [0.15, 0.2) is 0 Å². The van der Waals surface area contributed by atoms with Gasteiger partial charge in [-0.15, -0.1) is 0 Å². The van der Waals surface area contributed by atoms with Crippen molar-refractivity contribution in [2.24, 2.45) is 22.7 Å². The molecule has 2 saturated carbocycles. The van der Waals surface area contributed by atoms with Gasteiger partial charge in [-0.05, 0) is 81.5 Å². The van der Waals surface area contributed by atoms with E-state index in [-0.39, 0.29) is 17.8 Å². The number of hydrogen-bond acceptors (Lipinski definition) is 2. The van der Waals surface area contributed by atoms with E-state index in [2.05, 4.69) is 34.6 Å². The molecular weight excluding hydrogens is 272 g/mol. The highest BCUT2D eigenvalue weighted by Gasteiger charge is 2.61. The fourth-order valence-electron chi connectivity index (χ4n) is 6.84. The predicted molar refractivity (Wildman–Crippen MR) is 90.8 cm³/mol. The van der Waals surface area contributed by atoms with Crippen LogP contribution in [0, 0.1) is 22.7 Å². The van der Waals surface area contributed by atoms with Crippen molar-refractivity contribution < 1.29 is 9.84 Å². The number of hydrogen-bond donors (Lipinski definition) is 1. The highest BCUT2D eigenvalue weighted by atomic mass is 16.5. The van der Waals surface area contributed by atoms with Crippen LogP contribution in [-0.2, 0) is 4.74 Å². The first-order valence-electron chi connectivity index (χ1n) is 9.46. The third-order valence-corrected chi connectivity index (χ3v) is 7.82. The van der Waals surface area contributed by atoms with Crippen molar-refractivity contribution in [2.45, 2.75) is 97.2 Å². The molecule has 2 heteroatoms. The second kappa shape index (κ2) is 5.21. The molecule has 2 aliphatic carbocycles. The van der Waals surface area contributed by atoms with Crippen LogP contribution in [0.5, 0.6) is 0 Å². The lowest BCUT2D eigenvalue weighted by atomic mass is 9.44. The summed E-state index contributed by atoms with van der Waals surface area (Å²) >= 11 is 0. The van der Waals surface area contributed by atoms with E-state index in [1.165, 1.54) is 38.5 Å². The Hall–Kier alpha value is -0.0800. The smallest absolute Gasteiger partial charge is 0.0695 e. The molecule has 0 aromatic heterocycles. The molecule has 1 aliphatic heterocycles. The van der Waals surface area contributed by atoms with Crippen LogP contribution in [0.4, 0.5) is 0 Å². The van der Waals surface area contributed by atoms with E-state index >= 15 is 0 Å². The zero-order valence-electron chi connectivity index (χ0n) is 15.4. The lowest BCUT2D eigenvalue weighted by Gasteiger charge is -2.65. The molecule has 0 radical (unpaired) electrons. The summed E-state index contributed by atoms with van der Waals surface area (Å²) in [4.78, 5) is 0. The summed E-state index contributed by atoms with van der Waals surface area (Å²) in [5, 5.41) is 9.39. The summed E-state index contributed by atoms with van der Waals surface area (Å²) in [6.45, 7) is 12.4. The standard InChI is InChI=1S/C20H36O2/c1-17(2)9-6-10-19(4)15(17)8-12-20(5)16(19)7-11-18(3,22-20)13-14-21/h15-16,21H,6-14H2,1-5H3/t15?,16?,18-,19+,20-/m1/s1. The first kappa shape index (κ1) is 16.8. The monoisotopic (exact) mass is 308 g/mol. The van der Waals surface area contributed by atoms with Crippen molar-refractivity contribution in [3.63, 3.8) is 0 Å². The van der Waals surface area contributed by atoms with E-state index in [0.29, 0.717) is 16.7 Å². The maximum Gasteiger partial charge on any atom is 0.0695 e. The zero-order valence-corrected chi connectivity index (χ0v) is 15.4. The minimum absolute atomic E-state index is 0.0147. The van der Waals surface area contributed by atoms with Crippen LogP contribution < -0.4 is 0 Å². The second-order valence-electron chi connectivity index (χ2n) is 9.87. The summed E-state index contributed by atoms with van der Waals surface area (Å²) in [5.74, 6) is 1.53. The molecule has 5 atom stereocenters. The van der Waals surface area contributed by atoms with E-state index in [4.69, 9.17) is 4.74 Å². The Balaban J connectivity index is 1.89. The summed E-state index contributed by atoms with van der Waals surface area (Å²) in [5.41, 5.74) is 0.823. The lowest BCUT2D eigenvalue weighted by molar-refractivity contribution is -0.267. The molecule has 2 nitrogen and oxygen atoms in total. The van der Waals surface area contributed by atoms with E-state index in [1.807, 2.05) is 0 Å². The van der Waals surface area contributed by atoms with Crippen molar-refractivity contribution in [3.05, 3.63) is 0 Å². The molecule has 2 unspecified atom stereocenters. The van der Waals surface area contributed by atoms with Crippen LogP contribution in [-0.4, -0.2) is 22.9 Å². The zero-order chi connectivity index (χ0) is 16.2. The van der Waals surface area contributed by atoms with Crippen LogP contribution >= 0.6 is 0 Å². The SMILES string of the molecule is CC1(C)CCC[C@@]2(C)C1CC[C@@]1(C)O[C@@](C)(CCO)CCC21. The second-order valence-corrected chi connectivity index (χ2v) is 9.87. The predicted octanol–water partition coefficient (Wildman–Crippen LogP) is 4.94. The van der Waals surface area contributed by atoms with Crippen LogP contribution in [0.3, 0.4) is 0 Å². The minimum Gasteiger partial charge on any atom is -0.396 e. The molecule has 0 bridgehead atoms. The van der Waals surface area contributed by atoms with Crippen molar-refractivity contribution in [2.75, 3.05) is 6.61 Å². The molecular formula is C20H36O2. The number of ether oxygens (including phenoxy) is 1. The van der Waals surface area contributed by atoms with Gasteiger partial charge in [-0.25, -0.2) is 0 Å². The van der Waals surface area contributed by atoms with Gasteiger partial charge in [-0.3, -0.25) is 0 Å². The largest absolute Gasteiger partial charge is 0.396 e. The van der Waals surface area contributed by atoms with E-state index in [9.17, 15) is 5.11 Å². The Morgan fingerprint density at radius 1 is 0.909 bits per heavy atom. The van der Waals surface area contributed by atoms with Crippen molar-refractivity contribution in [1.82, 2.24) is 0 Å². The third-order valence-electron chi connectivity index (χ3n) is 7.82. The summed E-state index contributed by atoms with van der Waals surface area (Å²) < 4.78 is 6.73. The van der Waals surface area contributed by atoms with E-state index < -0.39 is 0 Å². The van der Waals surface area contributed by atoms with Crippen LogP contribution in [0.2, 0.25) is 0 Å². The fourth-order valence-corrected chi connectivity index (χ4v) is 6.84. The van der Waals surface area contributed by atoms with Crippen LogP contribution in [0.1, 0.15) is 86.0 Å². The summed E-state index contributed by atoms with van der Waals surface area (Å²) in [6, 6.07) is 0. The summed E-state index contributed by atoms with van der Waals surface area (Å²) in [7, 11) is 0. The third kappa shape index (κ3) is 2.45. The average Bonchev–Trinajstić information content (AvgIpc) is 2.36. The van der Waals surface area contributed by atoms with E-state index in [0.717, 1.165) is 18.8 Å². The molecule has 3 rings (SSSR count). The van der Waals surface area contributed by atoms with Gasteiger partial charge in [0.1, 0.15) is 0 Å². The molecule has 3 fully saturated rings. The van der Waals surface area contributed by atoms with Gasteiger partial charge in [0.05, 0.1) is 11.2 Å². The first-order valence-corrected chi connectivity index (χ1v) is 9.46. The molecule has 128 valence electrons. The maximum atomic E-state index is 9.39. The minimum atomic E-state index is -0.118. The quantitative estimate of drug-likeness (QED) is 0.783. The normalized spacial score (nSPS) is 51.0. The molecule has 1 saturated heterocycles. The first-order chi connectivity index (χ1) is 10.2. The van der Waals surface area contributed by atoms with Gasteiger partial charge in [0, 0.05) is 6.61 Å². The van der Waals surface area contributed by atoms with Gasteiger partial charge in [0.25, 0.3) is 0 Å². The number of aliphatic hydroxyl groups is 1. The van der Waals surface area contributed by atoms with Crippen molar-refractivity contribution >= 4 is 0 Å². The van der Waals surface area contributed by atoms with Crippen LogP contribution in [0.25, 0.3) is 0 Å². The molecule has 0 aromatic rings. The highest BCUT2D eigenvalue weighted by molar-refractivity contribution is 5.10. The van der Waals surface area contributed by atoms with Gasteiger partial charge < -0.3 is 9.84 Å². The van der Waals surface area contributed by atoms with Gasteiger partial charge in [0.15, 0.2) is 0 Å². The topological polar surface area (TPSA) is 29.5 Å². The van der Waals surface area contributed by atoms with Crippen molar-refractivity contribution in [3.8, 4) is 0 Å². The highest BCUT2D eigenvalue weighted by Crippen LogP contribution is 2.65. The van der Waals surface area contributed by atoms with Gasteiger partial charge in [0.2, 0.25) is 0 Å². The van der Waals surface area contributed by atoms with E-state index in [1.54, 1.807) is 0 Å². The summed E-state index contributed by atoms with van der Waals surface area (Å²) in [6.07, 6.45) is 9.81. The molecule has 0 aromatic carbocycles. The van der Waals surface area contributed by atoms with Gasteiger partial charge in [-0.1, -0.05) is 27.2 Å². The Kier molecular flexibility index (Phi) is 3.97. The Morgan fingerprint density at radius 3 is 2.27 bits per heavy atom. The fraction of sp³-hybridized carbons (Fsp3) is 1.00. The molecule has 1 N–H and O–H groups in total. The number of aliphatic hydroxyl groups excluding tert-OH is 1. The van der Waals surface area contributed by atoms with Gasteiger partial charge >= 0.3 is 0 Å². The number of fused-ring (bicyclic) bond motifs is 3. The molecule has 0 amide bonds.